The second kappa shape index (κ2) is 9.21. The minimum absolute atomic E-state index is 0.0224. The molecule has 1 unspecified atom stereocenters. The van der Waals surface area contributed by atoms with Crippen LogP contribution in [0.4, 0.5) is 4.79 Å². The molecule has 0 aliphatic rings. The van der Waals surface area contributed by atoms with Gasteiger partial charge in [-0.25, -0.2) is 4.79 Å². The van der Waals surface area contributed by atoms with Crippen molar-refractivity contribution in [1.82, 2.24) is 10.6 Å². The first kappa shape index (κ1) is 16.1. The van der Waals surface area contributed by atoms with E-state index in [1.807, 2.05) is 19.1 Å². The lowest BCUT2D eigenvalue weighted by Gasteiger charge is -2.09. The lowest BCUT2D eigenvalue weighted by molar-refractivity contribution is -0.138. The summed E-state index contributed by atoms with van der Waals surface area (Å²) in [6, 6.07) is -0.549. The molecule has 1 atom stereocenters. The van der Waals surface area contributed by atoms with Gasteiger partial charge in [0.05, 0.1) is 0 Å². The monoisotopic (exact) mass is 256 g/mol. The topological polar surface area (TPSA) is 95.5 Å². The van der Waals surface area contributed by atoms with Gasteiger partial charge >= 0.3 is 12.0 Å². The summed E-state index contributed by atoms with van der Waals surface area (Å²) < 4.78 is 0. The van der Waals surface area contributed by atoms with E-state index in [1.54, 1.807) is 6.92 Å². The number of carbonyl (C=O) groups is 3. The summed E-state index contributed by atoms with van der Waals surface area (Å²) in [5, 5.41) is 13.2. The Balaban J connectivity index is 3.79. The van der Waals surface area contributed by atoms with Crippen LogP contribution in [0.2, 0.25) is 0 Å². The average Bonchev–Trinajstić information content (AvgIpc) is 2.22. The standard InChI is InChI=1S/C12H20N2O4/c1-3-4-5-6-13-12(18)14-10(15)7-9(2)8-11(16)17/h3-4,9H,5-8H2,1-2H3,(H,16,17)(H2,13,14,15,18)/b4-3+. The summed E-state index contributed by atoms with van der Waals surface area (Å²) in [5.41, 5.74) is 0. The van der Waals surface area contributed by atoms with Gasteiger partial charge in [-0.15, -0.1) is 0 Å². The first-order valence-corrected chi connectivity index (χ1v) is 5.86. The van der Waals surface area contributed by atoms with Gasteiger partial charge in [0.2, 0.25) is 5.91 Å². The zero-order valence-electron chi connectivity index (χ0n) is 10.7. The van der Waals surface area contributed by atoms with Crippen molar-refractivity contribution in [2.75, 3.05) is 6.54 Å². The smallest absolute Gasteiger partial charge is 0.321 e. The predicted octanol–water partition coefficient (Wildman–Crippen LogP) is 1.28. The second-order valence-corrected chi connectivity index (χ2v) is 4.07. The SMILES string of the molecule is C/C=C/CCNC(=O)NC(=O)CC(C)CC(=O)O. The van der Waals surface area contributed by atoms with Crippen LogP contribution in [-0.2, 0) is 9.59 Å². The Bertz CT molecular complexity index is 326. The third kappa shape index (κ3) is 9.38. The lowest BCUT2D eigenvalue weighted by Crippen LogP contribution is -2.40. The number of amides is 3. The van der Waals surface area contributed by atoms with Crippen LogP contribution in [-0.4, -0.2) is 29.6 Å². The molecule has 3 amide bonds. The number of carboxylic acids is 1. The third-order valence-corrected chi connectivity index (χ3v) is 2.14. The van der Waals surface area contributed by atoms with Crippen molar-refractivity contribution in [3.8, 4) is 0 Å². The molecule has 0 spiro atoms. The van der Waals surface area contributed by atoms with Gasteiger partial charge in [0.1, 0.15) is 0 Å². The summed E-state index contributed by atoms with van der Waals surface area (Å²) in [6.07, 6.45) is 4.41. The summed E-state index contributed by atoms with van der Waals surface area (Å²) in [7, 11) is 0. The lowest BCUT2D eigenvalue weighted by atomic mass is 10.0. The molecule has 0 saturated heterocycles. The largest absolute Gasteiger partial charge is 0.481 e. The molecule has 0 aromatic rings. The number of carbonyl (C=O) groups excluding carboxylic acids is 2. The molecular weight excluding hydrogens is 236 g/mol. The average molecular weight is 256 g/mol. The van der Waals surface area contributed by atoms with Gasteiger partial charge in [0, 0.05) is 19.4 Å². The van der Waals surface area contributed by atoms with E-state index >= 15 is 0 Å². The minimum atomic E-state index is -0.953. The molecule has 6 nitrogen and oxygen atoms in total. The quantitative estimate of drug-likeness (QED) is 0.472. The molecule has 18 heavy (non-hydrogen) atoms. The predicted molar refractivity (Wildman–Crippen MR) is 67.0 cm³/mol. The number of hydrogen-bond acceptors (Lipinski definition) is 3. The molecule has 3 N–H and O–H groups in total. The van der Waals surface area contributed by atoms with Crippen molar-refractivity contribution in [2.24, 2.45) is 5.92 Å². The van der Waals surface area contributed by atoms with Gasteiger partial charge < -0.3 is 10.4 Å². The highest BCUT2D eigenvalue weighted by molar-refractivity contribution is 5.94. The van der Waals surface area contributed by atoms with E-state index in [1.165, 1.54) is 0 Å². The Morgan fingerprint density at radius 1 is 1.28 bits per heavy atom. The van der Waals surface area contributed by atoms with Gasteiger partial charge in [-0.2, -0.15) is 0 Å². The fourth-order valence-corrected chi connectivity index (χ4v) is 1.34. The molecule has 0 saturated carbocycles. The molecule has 0 bridgehead atoms. The molecule has 0 rings (SSSR count). The van der Waals surface area contributed by atoms with E-state index in [9.17, 15) is 14.4 Å². The first-order valence-electron chi connectivity index (χ1n) is 5.86. The van der Waals surface area contributed by atoms with Crippen molar-refractivity contribution < 1.29 is 19.5 Å². The second-order valence-electron chi connectivity index (χ2n) is 4.07. The van der Waals surface area contributed by atoms with Crippen LogP contribution in [0.25, 0.3) is 0 Å². The summed E-state index contributed by atoms with van der Waals surface area (Å²) in [5.74, 6) is -1.71. The van der Waals surface area contributed by atoms with Crippen molar-refractivity contribution in [2.45, 2.75) is 33.1 Å². The number of aliphatic carboxylic acids is 1. The summed E-state index contributed by atoms with van der Waals surface area (Å²) in [4.78, 5) is 33.0. The Kier molecular flexibility index (Phi) is 8.26. The van der Waals surface area contributed by atoms with Gasteiger partial charge in [0.15, 0.2) is 0 Å². The number of hydrogen-bond donors (Lipinski definition) is 3. The summed E-state index contributed by atoms with van der Waals surface area (Å²) in [6.45, 7) is 3.99. The van der Waals surface area contributed by atoms with E-state index in [2.05, 4.69) is 10.6 Å². The maximum Gasteiger partial charge on any atom is 0.321 e. The number of rotatable bonds is 7. The third-order valence-electron chi connectivity index (χ3n) is 2.14. The number of nitrogens with one attached hydrogen (secondary N) is 2. The highest BCUT2D eigenvalue weighted by Gasteiger charge is 2.14. The molecule has 0 aliphatic carbocycles. The van der Waals surface area contributed by atoms with Crippen LogP contribution in [0.3, 0.4) is 0 Å². The molecule has 0 aromatic heterocycles. The van der Waals surface area contributed by atoms with E-state index in [0.29, 0.717) is 13.0 Å². The number of imide groups is 1. The van der Waals surface area contributed by atoms with Gasteiger partial charge in [0.25, 0.3) is 0 Å². The van der Waals surface area contributed by atoms with E-state index in [-0.39, 0.29) is 18.8 Å². The van der Waals surface area contributed by atoms with Crippen LogP contribution < -0.4 is 10.6 Å². The van der Waals surface area contributed by atoms with Crippen molar-refractivity contribution >= 4 is 17.9 Å². The molecule has 0 heterocycles. The number of allylic oxidation sites excluding steroid dienone is 1. The van der Waals surface area contributed by atoms with E-state index in [0.717, 1.165) is 0 Å². The van der Waals surface area contributed by atoms with Crippen LogP contribution >= 0.6 is 0 Å². The fourth-order valence-electron chi connectivity index (χ4n) is 1.34. The van der Waals surface area contributed by atoms with Crippen LogP contribution in [0.15, 0.2) is 12.2 Å². The molecule has 0 radical (unpaired) electrons. The highest BCUT2D eigenvalue weighted by atomic mass is 16.4. The molecule has 0 fully saturated rings. The molecular formula is C12H20N2O4. The first-order chi connectivity index (χ1) is 8.45. The van der Waals surface area contributed by atoms with Crippen LogP contribution in [0.1, 0.15) is 33.1 Å². The Hall–Kier alpha value is -1.85. The Labute approximate surface area is 106 Å². The number of carboxylic acid groups (broad SMARTS) is 1. The molecule has 6 heteroatoms. The van der Waals surface area contributed by atoms with Crippen molar-refractivity contribution in [3.05, 3.63) is 12.2 Å². The van der Waals surface area contributed by atoms with Crippen LogP contribution in [0.5, 0.6) is 0 Å². The maximum atomic E-state index is 11.4. The van der Waals surface area contributed by atoms with E-state index < -0.39 is 17.9 Å². The Morgan fingerprint density at radius 2 is 1.94 bits per heavy atom. The highest BCUT2D eigenvalue weighted by Crippen LogP contribution is 2.06. The van der Waals surface area contributed by atoms with Gasteiger partial charge in [-0.05, 0) is 19.3 Å². The molecule has 0 aliphatic heterocycles. The van der Waals surface area contributed by atoms with Crippen molar-refractivity contribution in [3.63, 3.8) is 0 Å². The van der Waals surface area contributed by atoms with Gasteiger partial charge in [-0.1, -0.05) is 19.1 Å². The Morgan fingerprint density at radius 3 is 2.50 bits per heavy atom. The summed E-state index contributed by atoms with van der Waals surface area (Å²) >= 11 is 0. The van der Waals surface area contributed by atoms with Crippen molar-refractivity contribution in [1.29, 1.82) is 0 Å². The number of urea groups is 1. The fraction of sp³-hybridized carbons (Fsp3) is 0.583. The van der Waals surface area contributed by atoms with Crippen LogP contribution in [0, 0.1) is 5.92 Å². The minimum Gasteiger partial charge on any atom is -0.481 e. The van der Waals surface area contributed by atoms with E-state index in [4.69, 9.17) is 5.11 Å². The maximum absolute atomic E-state index is 11.4. The molecule has 0 aromatic carbocycles. The van der Waals surface area contributed by atoms with Gasteiger partial charge in [-0.3, -0.25) is 14.9 Å². The normalized spacial score (nSPS) is 12.1. The zero-order chi connectivity index (χ0) is 14.0. The molecule has 102 valence electrons. The zero-order valence-corrected chi connectivity index (χ0v) is 10.7.